The summed E-state index contributed by atoms with van der Waals surface area (Å²) in [4.78, 5) is 15.6. The first-order valence-corrected chi connectivity index (χ1v) is 5.52. The van der Waals surface area contributed by atoms with Crippen LogP contribution in [0.1, 0.15) is 10.4 Å². The summed E-state index contributed by atoms with van der Waals surface area (Å²) >= 11 is 4.32. The summed E-state index contributed by atoms with van der Waals surface area (Å²) in [5.41, 5.74) is 0.492. The summed E-state index contributed by atoms with van der Waals surface area (Å²) in [6.07, 6.45) is 2.99. The molecule has 0 aliphatic rings. The Morgan fingerprint density at radius 3 is 2.87 bits per heavy atom. The van der Waals surface area contributed by atoms with Crippen LogP contribution in [0.25, 0.3) is 0 Å². The maximum Gasteiger partial charge on any atom is 0.257 e. The van der Waals surface area contributed by atoms with Gasteiger partial charge in [-0.1, -0.05) is 4.49 Å². The van der Waals surface area contributed by atoms with Gasteiger partial charge in [0.15, 0.2) is 0 Å². The summed E-state index contributed by atoms with van der Waals surface area (Å²) in [7, 11) is 0. The second kappa shape index (κ2) is 4.45. The normalized spacial score (nSPS) is 9.93. The molecule has 0 aromatic carbocycles. The quantitative estimate of drug-likeness (QED) is 0.856. The predicted octanol–water partition coefficient (Wildman–Crippen LogP) is 1.95. The molecule has 0 radical (unpaired) electrons. The number of halogens is 1. The molecule has 15 heavy (non-hydrogen) atoms. The van der Waals surface area contributed by atoms with Crippen molar-refractivity contribution in [2.75, 3.05) is 5.32 Å². The van der Waals surface area contributed by atoms with E-state index in [4.69, 9.17) is 0 Å². The van der Waals surface area contributed by atoms with Crippen molar-refractivity contribution in [3.8, 4) is 0 Å². The molecule has 7 heteroatoms. The third-order valence-electron chi connectivity index (χ3n) is 1.59. The number of pyridine rings is 1. The predicted molar refractivity (Wildman–Crippen MR) is 59.8 cm³/mol. The number of hydrogen-bond acceptors (Lipinski definition) is 5. The molecule has 76 valence electrons. The van der Waals surface area contributed by atoms with Crippen molar-refractivity contribution >= 4 is 38.4 Å². The zero-order valence-electron chi connectivity index (χ0n) is 7.35. The minimum Gasteiger partial charge on any atom is -0.311 e. The molecule has 0 unspecified atom stereocenters. The molecule has 2 aromatic rings. The van der Waals surface area contributed by atoms with Crippen LogP contribution in [-0.4, -0.2) is 20.5 Å². The van der Waals surface area contributed by atoms with Crippen LogP contribution in [0.15, 0.2) is 29.1 Å². The summed E-state index contributed by atoms with van der Waals surface area (Å²) in [5, 5.41) is 6.88. The van der Waals surface area contributed by atoms with E-state index in [9.17, 15) is 4.79 Å². The lowest BCUT2D eigenvalue weighted by molar-refractivity contribution is 0.102. The highest BCUT2D eigenvalue weighted by molar-refractivity contribution is 9.10. The largest absolute Gasteiger partial charge is 0.311 e. The molecule has 1 N–H and O–H groups in total. The van der Waals surface area contributed by atoms with Gasteiger partial charge in [0.1, 0.15) is 9.60 Å². The average Bonchev–Trinajstić information content (AvgIpc) is 2.71. The highest BCUT2D eigenvalue weighted by atomic mass is 79.9. The van der Waals surface area contributed by atoms with Crippen molar-refractivity contribution in [2.45, 2.75) is 0 Å². The molecule has 0 saturated heterocycles. The Bertz CT molecular complexity index is 456. The Labute approximate surface area is 97.8 Å². The molecular formula is C8H5BrN4OS. The van der Waals surface area contributed by atoms with Crippen LogP contribution in [0, 0.1) is 0 Å². The molecule has 0 saturated carbocycles. The second-order valence-corrected chi connectivity index (χ2v) is 4.20. The van der Waals surface area contributed by atoms with Crippen molar-refractivity contribution < 1.29 is 4.79 Å². The van der Waals surface area contributed by atoms with E-state index in [-0.39, 0.29) is 5.91 Å². The molecule has 1 amide bonds. The van der Waals surface area contributed by atoms with Crippen LogP contribution in [-0.2, 0) is 0 Å². The maximum atomic E-state index is 11.6. The number of hydrogen-bond donors (Lipinski definition) is 1. The molecule has 0 bridgehead atoms. The highest BCUT2D eigenvalue weighted by Gasteiger charge is 2.07. The van der Waals surface area contributed by atoms with Gasteiger partial charge in [-0.25, -0.2) is 4.98 Å². The van der Waals surface area contributed by atoms with Gasteiger partial charge in [-0.15, -0.1) is 5.10 Å². The molecule has 0 fully saturated rings. The number of carbonyl (C=O) groups is 1. The molecule has 0 atom stereocenters. The molecule has 2 rings (SSSR count). The third kappa shape index (κ3) is 2.57. The van der Waals surface area contributed by atoms with Crippen molar-refractivity contribution in [1.82, 2.24) is 14.6 Å². The number of rotatable bonds is 2. The number of anilines is 1. The topological polar surface area (TPSA) is 67.8 Å². The van der Waals surface area contributed by atoms with Gasteiger partial charge in [0.25, 0.3) is 5.91 Å². The van der Waals surface area contributed by atoms with Gasteiger partial charge in [-0.3, -0.25) is 4.79 Å². The van der Waals surface area contributed by atoms with Gasteiger partial charge in [-0.2, -0.15) is 0 Å². The van der Waals surface area contributed by atoms with E-state index in [1.54, 1.807) is 12.1 Å². The van der Waals surface area contributed by atoms with Crippen LogP contribution >= 0.6 is 27.5 Å². The van der Waals surface area contributed by atoms with Crippen LogP contribution < -0.4 is 5.32 Å². The first-order chi connectivity index (χ1) is 7.25. The summed E-state index contributed by atoms with van der Waals surface area (Å²) in [5.74, 6) is -0.221. The van der Waals surface area contributed by atoms with E-state index in [0.717, 1.165) is 11.5 Å². The Balaban J connectivity index is 2.11. The van der Waals surface area contributed by atoms with Gasteiger partial charge >= 0.3 is 0 Å². The van der Waals surface area contributed by atoms with Gasteiger partial charge in [0.2, 0.25) is 0 Å². The van der Waals surface area contributed by atoms with Crippen molar-refractivity contribution in [3.05, 3.63) is 34.7 Å². The number of aromatic nitrogens is 3. The lowest BCUT2D eigenvalue weighted by Gasteiger charge is -2.00. The lowest BCUT2D eigenvalue weighted by atomic mass is 10.3. The molecule has 2 aromatic heterocycles. The van der Waals surface area contributed by atoms with E-state index in [0.29, 0.717) is 15.2 Å². The van der Waals surface area contributed by atoms with Crippen molar-refractivity contribution in [3.63, 3.8) is 0 Å². The molecule has 0 aliphatic carbocycles. The smallest absolute Gasteiger partial charge is 0.257 e. The first kappa shape index (κ1) is 10.2. The number of nitrogens with zero attached hydrogens (tertiary/aromatic N) is 3. The molecule has 2 heterocycles. The zero-order chi connectivity index (χ0) is 10.7. The SMILES string of the molecule is O=C(Nc1cnns1)c1ccc(Br)nc1. The van der Waals surface area contributed by atoms with E-state index < -0.39 is 0 Å². The fraction of sp³-hybridized carbons (Fsp3) is 0. The van der Waals surface area contributed by atoms with Gasteiger partial charge in [0, 0.05) is 17.7 Å². The number of carbonyl (C=O) groups excluding carboxylic acids is 1. The van der Waals surface area contributed by atoms with E-state index in [1.807, 2.05) is 0 Å². The fourth-order valence-electron chi connectivity index (χ4n) is 0.916. The minimum atomic E-state index is -0.221. The average molecular weight is 285 g/mol. The molecule has 0 aliphatic heterocycles. The zero-order valence-corrected chi connectivity index (χ0v) is 9.75. The Hall–Kier alpha value is -1.34. The summed E-state index contributed by atoms with van der Waals surface area (Å²) in [6, 6.07) is 3.39. The Morgan fingerprint density at radius 2 is 2.27 bits per heavy atom. The van der Waals surface area contributed by atoms with Crippen molar-refractivity contribution in [2.24, 2.45) is 0 Å². The standard InChI is InChI=1S/C8H5BrN4OS/c9-6-2-1-5(3-10-6)8(14)12-7-4-11-13-15-7/h1-4H,(H,12,14). The monoisotopic (exact) mass is 284 g/mol. The van der Waals surface area contributed by atoms with E-state index in [2.05, 4.69) is 35.8 Å². The molecular weight excluding hydrogens is 280 g/mol. The first-order valence-electron chi connectivity index (χ1n) is 3.96. The fourth-order valence-corrected chi connectivity index (χ4v) is 1.57. The van der Waals surface area contributed by atoms with Crippen LogP contribution in [0.3, 0.4) is 0 Å². The minimum absolute atomic E-state index is 0.221. The molecule has 5 nitrogen and oxygen atoms in total. The van der Waals surface area contributed by atoms with E-state index >= 15 is 0 Å². The lowest BCUT2D eigenvalue weighted by Crippen LogP contribution is -2.10. The maximum absolute atomic E-state index is 11.6. The summed E-state index contributed by atoms with van der Waals surface area (Å²) < 4.78 is 4.33. The number of nitrogens with one attached hydrogen (secondary N) is 1. The van der Waals surface area contributed by atoms with Gasteiger partial charge in [-0.05, 0) is 28.1 Å². The molecule has 0 spiro atoms. The number of amides is 1. The van der Waals surface area contributed by atoms with E-state index in [1.165, 1.54) is 12.4 Å². The van der Waals surface area contributed by atoms with Crippen molar-refractivity contribution in [1.29, 1.82) is 0 Å². The highest BCUT2D eigenvalue weighted by Crippen LogP contribution is 2.12. The van der Waals surface area contributed by atoms with Crippen LogP contribution in [0.5, 0.6) is 0 Å². The second-order valence-electron chi connectivity index (χ2n) is 2.61. The van der Waals surface area contributed by atoms with Crippen LogP contribution in [0.4, 0.5) is 5.00 Å². The summed E-state index contributed by atoms with van der Waals surface area (Å²) in [6.45, 7) is 0. The Morgan fingerprint density at radius 1 is 1.40 bits per heavy atom. The van der Waals surface area contributed by atoms with Crippen LogP contribution in [0.2, 0.25) is 0 Å². The van der Waals surface area contributed by atoms with Gasteiger partial charge < -0.3 is 5.32 Å². The van der Waals surface area contributed by atoms with Gasteiger partial charge in [0.05, 0.1) is 11.8 Å². The third-order valence-corrected chi connectivity index (χ3v) is 2.64. The Kier molecular flexibility index (Phi) is 3.02.